The quantitative estimate of drug-likeness (QED) is 0.879. The molecular formula is C14H23NO2S. The largest absolute Gasteiger partial charge is 0.298 e. The Morgan fingerprint density at radius 1 is 1.33 bits per heavy atom. The second kappa shape index (κ2) is 5.21. The first-order valence-electron chi connectivity index (χ1n) is 6.41. The van der Waals surface area contributed by atoms with E-state index < -0.39 is 10.6 Å². The van der Waals surface area contributed by atoms with Crippen molar-refractivity contribution in [3.8, 4) is 0 Å². The van der Waals surface area contributed by atoms with Gasteiger partial charge in [0.25, 0.3) is 0 Å². The molecule has 0 spiro atoms. The third kappa shape index (κ3) is 3.26. The van der Waals surface area contributed by atoms with E-state index >= 15 is 0 Å². The molecule has 1 aromatic carbocycles. The van der Waals surface area contributed by atoms with Crippen molar-refractivity contribution in [2.24, 2.45) is 11.8 Å². The highest BCUT2D eigenvalue weighted by Gasteiger charge is 2.28. The molecule has 3 nitrogen and oxygen atoms in total. The van der Waals surface area contributed by atoms with Gasteiger partial charge in [-0.2, -0.15) is 10.6 Å². The van der Waals surface area contributed by atoms with Gasteiger partial charge in [-0.1, -0.05) is 26.0 Å². The van der Waals surface area contributed by atoms with Crippen LogP contribution < -0.4 is 0 Å². The molecule has 1 fully saturated rings. The summed E-state index contributed by atoms with van der Waals surface area (Å²) in [5.74, 6) is 1.58. The van der Waals surface area contributed by atoms with Gasteiger partial charge in [0.15, 0.2) is 0 Å². The first-order valence-corrected chi connectivity index (χ1v) is 8.36. The van der Waals surface area contributed by atoms with Crippen LogP contribution in [0.3, 0.4) is 0 Å². The molecule has 0 radical (unpaired) electrons. The number of rotatable bonds is 4. The van der Waals surface area contributed by atoms with Gasteiger partial charge in [0.05, 0.1) is 4.90 Å². The van der Waals surface area contributed by atoms with Crippen molar-refractivity contribution in [3.05, 3.63) is 29.8 Å². The lowest BCUT2D eigenvalue weighted by Gasteiger charge is -2.41. The predicted molar refractivity (Wildman–Crippen MR) is 77.1 cm³/mol. The molecule has 1 heterocycles. The predicted octanol–water partition coefficient (Wildman–Crippen LogP) is 3.51. The van der Waals surface area contributed by atoms with Crippen molar-refractivity contribution in [1.29, 1.82) is 0 Å². The van der Waals surface area contributed by atoms with Crippen molar-refractivity contribution in [2.75, 3.05) is 19.3 Å². The molecule has 0 amide bonds. The van der Waals surface area contributed by atoms with Gasteiger partial charge in [0.2, 0.25) is 0 Å². The molecule has 1 aromatic rings. The highest BCUT2D eigenvalue weighted by atomic mass is 32.3. The Morgan fingerprint density at radius 3 is 2.56 bits per heavy atom. The van der Waals surface area contributed by atoms with E-state index in [4.69, 9.17) is 0 Å². The van der Waals surface area contributed by atoms with Gasteiger partial charge in [-0.15, -0.1) is 0 Å². The lowest BCUT2D eigenvalue weighted by Crippen LogP contribution is -2.48. The summed E-state index contributed by atoms with van der Waals surface area (Å²) >= 11 is 0. The molecule has 0 unspecified atom stereocenters. The van der Waals surface area contributed by atoms with Gasteiger partial charge in [-0.05, 0) is 29.5 Å². The van der Waals surface area contributed by atoms with Crippen LogP contribution in [0.25, 0.3) is 0 Å². The second-order valence-electron chi connectivity index (χ2n) is 5.68. The summed E-state index contributed by atoms with van der Waals surface area (Å²) in [7, 11) is -2.59. The summed E-state index contributed by atoms with van der Waals surface area (Å²) in [6.45, 7) is 7.77. The third-order valence-corrected chi connectivity index (χ3v) is 4.83. The normalized spacial score (nSPS) is 19.0. The zero-order valence-corrected chi connectivity index (χ0v) is 12.2. The van der Waals surface area contributed by atoms with Crippen LogP contribution in [0, 0.1) is 11.8 Å². The monoisotopic (exact) mass is 269 g/mol. The molecule has 18 heavy (non-hydrogen) atoms. The van der Waals surface area contributed by atoms with Gasteiger partial charge in [0, 0.05) is 25.9 Å². The summed E-state index contributed by atoms with van der Waals surface area (Å²) < 4.78 is 19.3. The van der Waals surface area contributed by atoms with Crippen molar-refractivity contribution < 1.29 is 9.11 Å². The van der Waals surface area contributed by atoms with Crippen molar-refractivity contribution in [1.82, 2.24) is 4.90 Å². The summed E-state index contributed by atoms with van der Waals surface area (Å²) in [5, 5.41) is 0. The van der Waals surface area contributed by atoms with Crippen LogP contribution in [-0.2, 0) is 6.54 Å². The second-order valence-corrected chi connectivity index (χ2v) is 7.82. The number of hydrogen-bond acceptors (Lipinski definition) is 3. The molecule has 0 bridgehead atoms. The van der Waals surface area contributed by atoms with Crippen molar-refractivity contribution in [2.45, 2.75) is 25.3 Å². The summed E-state index contributed by atoms with van der Waals surface area (Å²) in [6, 6.07) is 7.66. The van der Waals surface area contributed by atoms with Crippen molar-refractivity contribution in [3.63, 3.8) is 0 Å². The zero-order valence-electron chi connectivity index (χ0n) is 11.3. The maximum absolute atomic E-state index is 9.66. The molecule has 2 N–H and O–H groups in total. The topological polar surface area (TPSA) is 43.7 Å². The minimum atomic E-state index is -2.59. The first-order chi connectivity index (χ1) is 8.36. The zero-order chi connectivity index (χ0) is 13.3. The van der Waals surface area contributed by atoms with Crippen LogP contribution in [0.15, 0.2) is 29.2 Å². The van der Waals surface area contributed by atoms with Crippen molar-refractivity contribution >= 4 is 10.6 Å². The third-order valence-electron chi connectivity index (χ3n) is 3.68. The van der Waals surface area contributed by atoms with Gasteiger partial charge >= 0.3 is 0 Å². The average molecular weight is 269 g/mol. The van der Waals surface area contributed by atoms with Crippen LogP contribution in [0.4, 0.5) is 0 Å². The first kappa shape index (κ1) is 13.9. The highest BCUT2D eigenvalue weighted by Crippen LogP contribution is 2.44. The molecule has 1 aliphatic rings. The van der Waals surface area contributed by atoms with Crippen LogP contribution >= 0.6 is 10.6 Å². The number of nitrogens with zero attached hydrogens (tertiary/aromatic N) is 1. The van der Waals surface area contributed by atoms with E-state index in [1.165, 1.54) is 6.26 Å². The van der Waals surface area contributed by atoms with Gasteiger partial charge in [-0.3, -0.25) is 14.0 Å². The number of likely N-dealkylation sites (tertiary alicyclic amines) is 1. The minimum absolute atomic E-state index is 0.640. The SMILES string of the molecule is CC(C)C1CN(Cc2cccc(S(C)(O)O)c2)C1. The minimum Gasteiger partial charge on any atom is -0.298 e. The molecule has 0 aromatic heterocycles. The Bertz CT molecular complexity index is 409. The molecular weight excluding hydrogens is 246 g/mol. The fourth-order valence-electron chi connectivity index (χ4n) is 2.30. The van der Waals surface area contributed by atoms with Gasteiger partial charge < -0.3 is 0 Å². The van der Waals surface area contributed by atoms with E-state index in [0.717, 1.165) is 37.0 Å². The summed E-state index contributed by atoms with van der Waals surface area (Å²) in [4.78, 5) is 3.05. The fourth-order valence-corrected chi connectivity index (χ4v) is 3.01. The van der Waals surface area contributed by atoms with E-state index in [1.54, 1.807) is 6.07 Å². The van der Waals surface area contributed by atoms with E-state index in [9.17, 15) is 9.11 Å². The molecule has 4 heteroatoms. The molecule has 2 rings (SSSR count). The lowest BCUT2D eigenvalue weighted by atomic mass is 9.88. The smallest absolute Gasteiger partial charge is 0.0583 e. The summed E-state index contributed by atoms with van der Waals surface area (Å²) in [5.41, 5.74) is 1.16. The van der Waals surface area contributed by atoms with Crippen LogP contribution in [0.2, 0.25) is 0 Å². The average Bonchev–Trinajstić information content (AvgIpc) is 2.21. The Morgan fingerprint density at radius 2 is 2.00 bits per heavy atom. The molecule has 102 valence electrons. The Labute approximate surface area is 111 Å². The summed E-state index contributed by atoms with van der Waals surface area (Å²) in [6.07, 6.45) is 1.48. The van der Waals surface area contributed by atoms with Gasteiger partial charge in [-0.25, -0.2) is 0 Å². The highest BCUT2D eigenvalue weighted by molar-refractivity contribution is 8.23. The molecule has 0 atom stereocenters. The number of hydrogen-bond donors (Lipinski definition) is 2. The van der Waals surface area contributed by atoms with Gasteiger partial charge in [0.1, 0.15) is 0 Å². The van der Waals surface area contributed by atoms with E-state index in [0.29, 0.717) is 4.90 Å². The molecule has 0 aliphatic carbocycles. The Kier molecular flexibility index (Phi) is 4.02. The van der Waals surface area contributed by atoms with Crippen LogP contribution in [-0.4, -0.2) is 33.4 Å². The van der Waals surface area contributed by atoms with E-state index in [1.807, 2.05) is 12.1 Å². The maximum atomic E-state index is 9.66. The van der Waals surface area contributed by atoms with E-state index in [-0.39, 0.29) is 0 Å². The Balaban J connectivity index is 1.95. The molecule has 1 saturated heterocycles. The van der Waals surface area contributed by atoms with E-state index in [2.05, 4.69) is 24.8 Å². The van der Waals surface area contributed by atoms with Crippen LogP contribution in [0.1, 0.15) is 19.4 Å². The fraction of sp³-hybridized carbons (Fsp3) is 0.571. The Hall–Kier alpha value is -0.550. The standard InChI is InChI=1S/C14H23NO2S/c1-11(2)13-9-15(10-13)8-12-5-4-6-14(7-12)18(3,16)17/h4-7,11,13,16-17H,8-10H2,1-3H3. The maximum Gasteiger partial charge on any atom is 0.0583 e. The van der Waals surface area contributed by atoms with Crippen LogP contribution in [0.5, 0.6) is 0 Å². The molecule has 1 aliphatic heterocycles. The molecule has 0 saturated carbocycles. The number of benzene rings is 1. The lowest BCUT2D eigenvalue weighted by molar-refractivity contribution is 0.0614.